The third kappa shape index (κ3) is 2.81. The molecular formula is C16H16N2O5S. The first-order chi connectivity index (χ1) is 11.3. The molecular weight excluding hydrogens is 332 g/mol. The zero-order valence-corrected chi connectivity index (χ0v) is 14.2. The molecule has 0 bridgehead atoms. The molecule has 2 heterocycles. The summed E-state index contributed by atoms with van der Waals surface area (Å²) in [5.74, 6) is 0.360. The molecule has 2 N–H and O–H groups in total. The van der Waals surface area contributed by atoms with E-state index in [2.05, 4.69) is 10.0 Å². The number of aryl methyl sites for hydroxylation is 2. The molecule has 0 radical (unpaired) electrons. The van der Waals surface area contributed by atoms with Gasteiger partial charge in [-0.1, -0.05) is 0 Å². The van der Waals surface area contributed by atoms with Crippen molar-refractivity contribution in [2.24, 2.45) is 0 Å². The van der Waals surface area contributed by atoms with Gasteiger partial charge in [-0.15, -0.1) is 0 Å². The van der Waals surface area contributed by atoms with Crippen LogP contribution in [0.2, 0.25) is 0 Å². The molecule has 0 atom stereocenters. The highest BCUT2D eigenvalue weighted by molar-refractivity contribution is 7.89. The van der Waals surface area contributed by atoms with Crippen molar-refractivity contribution in [3.63, 3.8) is 0 Å². The number of hydrogen-bond acceptors (Lipinski definition) is 5. The van der Waals surface area contributed by atoms with Crippen molar-refractivity contribution >= 4 is 32.6 Å². The lowest BCUT2D eigenvalue weighted by Gasteiger charge is -2.03. The highest BCUT2D eigenvalue weighted by atomic mass is 32.2. The van der Waals surface area contributed by atoms with E-state index < -0.39 is 15.9 Å². The van der Waals surface area contributed by atoms with Crippen LogP contribution in [-0.2, 0) is 10.0 Å². The number of benzene rings is 1. The SMILES string of the molecule is CNS(=O)(=O)c1cc(C(=O)Nc2ccc3oc(C)c(C)c3c2)co1. The Kier molecular flexibility index (Phi) is 3.94. The smallest absolute Gasteiger partial charge is 0.273 e. The summed E-state index contributed by atoms with van der Waals surface area (Å²) in [5.41, 5.74) is 2.44. The molecule has 7 nitrogen and oxygen atoms in total. The van der Waals surface area contributed by atoms with Gasteiger partial charge in [0.1, 0.15) is 17.6 Å². The fourth-order valence-corrected chi connectivity index (χ4v) is 2.96. The number of sulfonamides is 1. The summed E-state index contributed by atoms with van der Waals surface area (Å²) in [6, 6.07) is 6.47. The van der Waals surface area contributed by atoms with E-state index in [4.69, 9.17) is 8.83 Å². The topological polar surface area (TPSA) is 102 Å². The minimum atomic E-state index is -3.72. The van der Waals surface area contributed by atoms with E-state index in [1.165, 1.54) is 13.1 Å². The van der Waals surface area contributed by atoms with E-state index in [-0.39, 0.29) is 10.7 Å². The average molecular weight is 348 g/mol. The van der Waals surface area contributed by atoms with Crippen molar-refractivity contribution in [3.8, 4) is 0 Å². The van der Waals surface area contributed by atoms with Gasteiger partial charge in [0.15, 0.2) is 0 Å². The maximum Gasteiger partial charge on any atom is 0.273 e. The Balaban J connectivity index is 1.86. The number of nitrogens with one attached hydrogen (secondary N) is 2. The zero-order valence-electron chi connectivity index (χ0n) is 13.3. The van der Waals surface area contributed by atoms with E-state index in [9.17, 15) is 13.2 Å². The summed E-state index contributed by atoms with van der Waals surface area (Å²) in [6.07, 6.45) is 1.10. The highest BCUT2D eigenvalue weighted by Gasteiger charge is 2.19. The number of amides is 1. The Morgan fingerprint density at radius 2 is 1.92 bits per heavy atom. The second-order valence-electron chi connectivity index (χ2n) is 5.31. The molecule has 0 unspecified atom stereocenters. The number of furan rings is 2. The van der Waals surface area contributed by atoms with Gasteiger partial charge in [0.2, 0.25) is 5.09 Å². The predicted molar refractivity (Wildman–Crippen MR) is 88.6 cm³/mol. The molecule has 1 aromatic carbocycles. The molecule has 3 rings (SSSR count). The molecule has 0 aliphatic carbocycles. The first kappa shape index (κ1) is 16.3. The lowest BCUT2D eigenvalue weighted by Crippen LogP contribution is -2.18. The normalized spacial score (nSPS) is 11.8. The van der Waals surface area contributed by atoms with Crippen LogP contribution in [0.15, 0.2) is 44.5 Å². The van der Waals surface area contributed by atoms with Crippen LogP contribution in [0.1, 0.15) is 21.7 Å². The molecule has 0 spiro atoms. The Labute approximate surface area is 138 Å². The molecule has 0 aliphatic heterocycles. The van der Waals surface area contributed by atoms with Crippen molar-refractivity contribution in [1.29, 1.82) is 0 Å². The van der Waals surface area contributed by atoms with Crippen molar-refractivity contribution in [1.82, 2.24) is 4.72 Å². The fourth-order valence-electron chi connectivity index (χ4n) is 2.30. The Morgan fingerprint density at radius 1 is 1.17 bits per heavy atom. The molecule has 8 heteroatoms. The van der Waals surface area contributed by atoms with Gasteiger partial charge in [-0.05, 0) is 44.7 Å². The minimum Gasteiger partial charge on any atom is -0.461 e. The summed E-state index contributed by atoms with van der Waals surface area (Å²) < 4.78 is 35.9. The molecule has 126 valence electrons. The third-order valence-corrected chi connectivity index (χ3v) is 5.09. The van der Waals surface area contributed by atoms with Gasteiger partial charge in [0, 0.05) is 17.1 Å². The number of fused-ring (bicyclic) bond motifs is 1. The van der Waals surface area contributed by atoms with Gasteiger partial charge in [0.25, 0.3) is 15.9 Å². The zero-order chi connectivity index (χ0) is 17.5. The summed E-state index contributed by atoms with van der Waals surface area (Å²) in [6.45, 7) is 3.82. The van der Waals surface area contributed by atoms with Crippen LogP contribution < -0.4 is 10.0 Å². The van der Waals surface area contributed by atoms with Gasteiger partial charge in [-0.3, -0.25) is 4.79 Å². The van der Waals surface area contributed by atoms with E-state index >= 15 is 0 Å². The average Bonchev–Trinajstić information content (AvgIpc) is 3.15. The number of carbonyl (C=O) groups excluding carboxylic acids is 1. The predicted octanol–water partition coefficient (Wildman–Crippen LogP) is 2.80. The summed E-state index contributed by atoms with van der Waals surface area (Å²) in [7, 11) is -2.46. The van der Waals surface area contributed by atoms with Crippen molar-refractivity contribution in [2.75, 3.05) is 12.4 Å². The Bertz CT molecular complexity index is 1030. The van der Waals surface area contributed by atoms with Crippen LogP contribution in [0.3, 0.4) is 0 Å². The number of carbonyl (C=O) groups is 1. The van der Waals surface area contributed by atoms with Crippen LogP contribution in [-0.4, -0.2) is 21.4 Å². The van der Waals surface area contributed by atoms with Crippen LogP contribution in [0.4, 0.5) is 5.69 Å². The first-order valence-corrected chi connectivity index (χ1v) is 8.63. The van der Waals surface area contributed by atoms with Crippen molar-refractivity contribution in [3.05, 3.63) is 47.4 Å². The van der Waals surface area contributed by atoms with Gasteiger partial charge >= 0.3 is 0 Å². The first-order valence-electron chi connectivity index (χ1n) is 7.15. The van der Waals surface area contributed by atoms with E-state index in [0.29, 0.717) is 5.69 Å². The summed E-state index contributed by atoms with van der Waals surface area (Å²) in [5, 5.41) is 3.31. The Morgan fingerprint density at radius 3 is 2.62 bits per heavy atom. The molecule has 24 heavy (non-hydrogen) atoms. The lowest BCUT2D eigenvalue weighted by molar-refractivity contribution is 0.102. The van der Waals surface area contributed by atoms with Crippen LogP contribution in [0, 0.1) is 13.8 Å². The van der Waals surface area contributed by atoms with Crippen LogP contribution >= 0.6 is 0 Å². The highest BCUT2D eigenvalue weighted by Crippen LogP contribution is 2.27. The van der Waals surface area contributed by atoms with E-state index in [1.807, 2.05) is 19.9 Å². The molecule has 0 saturated heterocycles. The summed E-state index contributed by atoms with van der Waals surface area (Å²) >= 11 is 0. The maximum atomic E-state index is 12.3. The largest absolute Gasteiger partial charge is 0.461 e. The minimum absolute atomic E-state index is 0.115. The molecule has 3 aromatic rings. The van der Waals surface area contributed by atoms with Gasteiger partial charge in [-0.2, -0.15) is 0 Å². The third-order valence-electron chi connectivity index (χ3n) is 3.80. The molecule has 0 fully saturated rings. The number of anilines is 1. The van der Waals surface area contributed by atoms with Gasteiger partial charge < -0.3 is 14.2 Å². The summed E-state index contributed by atoms with van der Waals surface area (Å²) in [4.78, 5) is 12.3. The van der Waals surface area contributed by atoms with Gasteiger partial charge in [-0.25, -0.2) is 13.1 Å². The van der Waals surface area contributed by atoms with Crippen LogP contribution in [0.25, 0.3) is 11.0 Å². The molecule has 0 saturated carbocycles. The quantitative estimate of drug-likeness (QED) is 0.755. The monoisotopic (exact) mass is 348 g/mol. The lowest BCUT2D eigenvalue weighted by atomic mass is 10.1. The molecule has 2 aromatic heterocycles. The van der Waals surface area contributed by atoms with Crippen molar-refractivity contribution < 1.29 is 22.0 Å². The number of rotatable bonds is 4. The standard InChI is InChI=1S/C16H16N2O5S/c1-9-10(2)23-14-5-4-12(7-13(9)14)18-16(19)11-6-15(22-8-11)24(20,21)17-3/h4-8,17H,1-3H3,(H,18,19). The molecule has 0 aliphatic rings. The maximum absolute atomic E-state index is 12.3. The Hall–Kier alpha value is -2.58. The molecule has 1 amide bonds. The van der Waals surface area contributed by atoms with E-state index in [0.717, 1.165) is 28.6 Å². The van der Waals surface area contributed by atoms with E-state index in [1.54, 1.807) is 12.1 Å². The second kappa shape index (κ2) is 5.81. The second-order valence-corrected chi connectivity index (χ2v) is 7.13. The number of hydrogen-bond donors (Lipinski definition) is 2. The fraction of sp³-hybridized carbons (Fsp3) is 0.188. The van der Waals surface area contributed by atoms with Gasteiger partial charge in [0.05, 0.1) is 5.56 Å². The van der Waals surface area contributed by atoms with Crippen molar-refractivity contribution in [2.45, 2.75) is 18.9 Å². The van der Waals surface area contributed by atoms with Crippen LogP contribution in [0.5, 0.6) is 0 Å².